The second-order valence-electron chi connectivity index (χ2n) is 4.47. The van der Waals surface area contributed by atoms with Crippen LogP contribution in [0.3, 0.4) is 0 Å². The molecule has 21 heavy (non-hydrogen) atoms. The first kappa shape index (κ1) is 15.5. The molecule has 2 rings (SSSR count). The fourth-order valence-electron chi connectivity index (χ4n) is 1.61. The van der Waals surface area contributed by atoms with Crippen molar-refractivity contribution >= 4 is 21.8 Å². The Hall–Kier alpha value is -1.92. The Morgan fingerprint density at radius 1 is 1.38 bits per heavy atom. The van der Waals surface area contributed by atoms with Crippen LogP contribution < -0.4 is 10.1 Å². The van der Waals surface area contributed by atoms with Gasteiger partial charge in [-0.1, -0.05) is 15.9 Å². The van der Waals surface area contributed by atoms with Crippen LogP contribution >= 0.6 is 15.9 Å². The number of aromatic nitrogens is 1. The van der Waals surface area contributed by atoms with Crippen LogP contribution in [-0.2, 0) is 0 Å². The molecule has 1 aromatic carbocycles. The van der Waals surface area contributed by atoms with Gasteiger partial charge in [-0.15, -0.1) is 0 Å². The minimum atomic E-state index is -0.336. The van der Waals surface area contributed by atoms with Gasteiger partial charge in [0, 0.05) is 16.7 Å². The lowest BCUT2D eigenvalue weighted by Gasteiger charge is -2.13. The van der Waals surface area contributed by atoms with Crippen molar-refractivity contribution in [3.05, 3.63) is 52.6 Å². The number of aliphatic hydroxyl groups excluding tert-OH is 1. The number of carbonyl (C=O) groups is 1. The highest BCUT2D eigenvalue weighted by atomic mass is 79.9. The van der Waals surface area contributed by atoms with Gasteiger partial charge in [-0.3, -0.25) is 4.79 Å². The fraction of sp³-hybridized carbons (Fsp3) is 0.200. The van der Waals surface area contributed by atoms with Crippen LogP contribution in [0.2, 0.25) is 0 Å². The van der Waals surface area contributed by atoms with Crippen LogP contribution in [0.25, 0.3) is 0 Å². The minimum Gasteiger partial charge on any atom is -0.438 e. The summed E-state index contributed by atoms with van der Waals surface area (Å²) in [5.41, 5.74) is 0.320. The number of nitrogens with one attached hydrogen (secondary N) is 1. The molecular formula is C15H15BrN2O3. The zero-order valence-electron chi connectivity index (χ0n) is 11.4. The summed E-state index contributed by atoms with van der Waals surface area (Å²) < 4.78 is 6.58. The number of halogens is 1. The third kappa shape index (κ3) is 4.27. The number of aliphatic hydroxyl groups is 1. The SMILES string of the molecule is CC(CO)NC(=O)c1cccnc1Oc1ccc(Br)cc1. The second kappa shape index (κ2) is 7.19. The van der Waals surface area contributed by atoms with Crippen molar-refractivity contribution in [1.82, 2.24) is 10.3 Å². The van der Waals surface area contributed by atoms with Crippen LogP contribution in [0, 0.1) is 0 Å². The third-order valence-electron chi connectivity index (χ3n) is 2.70. The molecule has 2 N–H and O–H groups in total. The van der Waals surface area contributed by atoms with Gasteiger partial charge in [0.15, 0.2) is 0 Å². The molecule has 0 bridgehead atoms. The quantitative estimate of drug-likeness (QED) is 0.869. The molecule has 2 aromatic rings. The van der Waals surface area contributed by atoms with Crippen molar-refractivity contribution in [3.63, 3.8) is 0 Å². The Bertz CT molecular complexity index is 617. The highest BCUT2D eigenvalue weighted by molar-refractivity contribution is 9.10. The van der Waals surface area contributed by atoms with E-state index in [1.54, 1.807) is 37.4 Å². The second-order valence-corrected chi connectivity index (χ2v) is 5.38. The lowest BCUT2D eigenvalue weighted by molar-refractivity contribution is 0.0919. The molecule has 0 saturated heterocycles. The molecule has 0 saturated carbocycles. The van der Waals surface area contributed by atoms with Crippen LogP contribution in [0.4, 0.5) is 0 Å². The predicted molar refractivity (Wildman–Crippen MR) is 82.5 cm³/mol. The number of ether oxygens (including phenoxy) is 1. The summed E-state index contributed by atoms with van der Waals surface area (Å²) in [5.74, 6) is 0.473. The number of nitrogens with zero attached hydrogens (tertiary/aromatic N) is 1. The summed E-state index contributed by atoms with van der Waals surface area (Å²) in [6, 6.07) is 10.2. The Balaban J connectivity index is 2.20. The summed E-state index contributed by atoms with van der Waals surface area (Å²) in [6.45, 7) is 1.58. The van der Waals surface area contributed by atoms with E-state index in [0.29, 0.717) is 11.3 Å². The number of pyridine rings is 1. The zero-order valence-corrected chi connectivity index (χ0v) is 13.0. The highest BCUT2D eigenvalue weighted by Gasteiger charge is 2.15. The van der Waals surface area contributed by atoms with Crippen molar-refractivity contribution in [2.24, 2.45) is 0 Å². The molecule has 1 atom stereocenters. The first-order valence-corrected chi connectivity index (χ1v) is 7.19. The van der Waals surface area contributed by atoms with E-state index >= 15 is 0 Å². The lowest BCUT2D eigenvalue weighted by Crippen LogP contribution is -2.35. The van der Waals surface area contributed by atoms with E-state index in [4.69, 9.17) is 9.84 Å². The van der Waals surface area contributed by atoms with Crippen LogP contribution in [0.1, 0.15) is 17.3 Å². The first-order valence-electron chi connectivity index (χ1n) is 6.40. The van der Waals surface area contributed by atoms with Gasteiger partial charge in [-0.2, -0.15) is 0 Å². The van der Waals surface area contributed by atoms with Crippen molar-refractivity contribution in [2.45, 2.75) is 13.0 Å². The van der Waals surface area contributed by atoms with Crippen molar-refractivity contribution in [2.75, 3.05) is 6.61 Å². The third-order valence-corrected chi connectivity index (χ3v) is 3.22. The molecule has 0 fully saturated rings. The average Bonchev–Trinajstić information content (AvgIpc) is 2.50. The van der Waals surface area contributed by atoms with E-state index in [1.807, 2.05) is 12.1 Å². The minimum absolute atomic E-state index is 0.130. The molecule has 0 aliphatic heterocycles. The molecule has 1 aromatic heterocycles. The summed E-state index contributed by atoms with van der Waals surface area (Å²) in [6.07, 6.45) is 1.56. The van der Waals surface area contributed by atoms with Crippen molar-refractivity contribution in [3.8, 4) is 11.6 Å². The Kier molecular flexibility index (Phi) is 5.30. The van der Waals surface area contributed by atoms with Gasteiger partial charge in [0.05, 0.1) is 6.61 Å². The monoisotopic (exact) mass is 350 g/mol. The maximum absolute atomic E-state index is 12.1. The number of carbonyl (C=O) groups excluding carboxylic acids is 1. The van der Waals surface area contributed by atoms with E-state index in [1.165, 1.54) is 0 Å². The molecule has 6 heteroatoms. The summed E-state index contributed by atoms with van der Waals surface area (Å²) in [4.78, 5) is 16.2. The normalized spacial score (nSPS) is 11.8. The van der Waals surface area contributed by atoms with Crippen LogP contribution in [0.15, 0.2) is 47.1 Å². The summed E-state index contributed by atoms with van der Waals surface area (Å²) in [5, 5.41) is 11.7. The molecule has 0 aliphatic rings. The molecule has 0 aliphatic carbocycles. The Morgan fingerprint density at radius 2 is 2.10 bits per heavy atom. The average molecular weight is 351 g/mol. The van der Waals surface area contributed by atoms with Gasteiger partial charge in [0.1, 0.15) is 11.3 Å². The zero-order chi connectivity index (χ0) is 15.2. The summed E-state index contributed by atoms with van der Waals surface area (Å²) in [7, 11) is 0. The lowest BCUT2D eigenvalue weighted by atomic mass is 10.2. The maximum Gasteiger partial charge on any atom is 0.257 e. The fourth-order valence-corrected chi connectivity index (χ4v) is 1.87. The molecule has 1 amide bonds. The molecular weight excluding hydrogens is 336 g/mol. The van der Waals surface area contributed by atoms with Gasteiger partial charge in [0.25, 0.3) is 5.91 Å². The van der Waals surface area contributed by atoms with E-state index in [9.17, 15) is 4.79 Å². The topological polar surface area (TPSA) is 71.5 Å². The van der Waals surface area contributed by atoms with Crippen molar-refractivity contribution < 1.29 is 14.6 Å². The van der Waals surface area contributed by atoms with Gasteiger partial charge in [-0.25, -0.2) is 4.98 Å². The Labute approximate surface area is 131 Å². The van der Waals surface area contributed by atoms with E-state index in [-0.39, 0.29) is 24.4 Å². The van der Waals surface area contributed by atoms with E-state index < -0.39 is 0 Å². The molecule has 1 heterocycles. The molecule has 0 radical (unpaired) electrons. The molecule has 1 unspecified atom stereocenters. The van der Waals surface area contributed by atoms with Gasteiger partial charge >= 0.3 is 0 Å². The number of benzene rings is 1. The van der Waals surface area contributed by atoms with Gasteiger partial charge in [-0.05, 0) is 43.3 Å². The number of amides is 1. The van der Waals surface area contributed by atoms with E-state index in [2.05, 4.69) is 26.2 Å². The number of hydrogen-bond donors (Lipinski definition) is 2. The smallest absolute Gasteiger partial charge is 0.257 e. The van der Waals surface area contributed by atoms with Gasteiger partial charge < -0.3 is 15.2 Å². The highest BCUT2D eigenvalue weighted by Crippen LogP contribution is 2.24. The largest absolute Gasteiger partial charge is 0.438 e. The molecule has 0 spiro atoms. The predicted octanol–water partition coefficient (Wildman–Crippen LogP) is 2.75. The standard InChI is InChI=1S/C15H15BrN2O3/c1-10(9-19)18-14(20)13-3-2-8-17-15(13)21-12-6-4-11(16)5-7-12/h2-8,10,19H,9H2,1H3,(H,18,20). The van der Waals surface area contributed by atoms with Crippen molar-refractivity contribution in [1.29, 1.82) is 0 Å². The number of rotatable bonds is 5. The van der Waals surface area contributed by atoms with Crippen LogP contribution in [-0.4, -0.2) is 28.6 Å². The van der Waals surface area contributed by atoms with Crippen LogP contribution in [0.5, 0.6) is 11.6 Å². The molecule has 110 valence electrons. The van der Waals surface area contributed by atoms with E-state index in [0.717, 1.165) is 4.47 Å². The number of hydrogen-bond acceptors (Lipinski definition) is 4. The first-order chi connectivity index (χ1) is 10.1. The Morgan fingerprint density at radius 3 is 2.76 bits per heavy atom. The maximum atomic E-state index is 12.1. The van der Waals surface area contributed by atoms with Gasteiger partial charge in [0.2, 0.25) is 5.88 Å². The summed E-state index contributed by atoms with van der Waals surface area (Å²) >= 11 is 3.34. The molecule has 5 nitrogen and oxygen atoms in total.